The van der Waals surface area contributed by atoms with Gasteiger partial charge in [-0.3, -0.25) is 9.69 Å². The van der Waals surface area contributed by atoms with Crippen molar-refractivity contribution in [3.05, 3.63) is 70.5 Å². The number of halogens is 1. The second-order valence-electron chi connectivity index (χ2n) is 7.41. The first-order valence-electron chi connectivity index (χ1n) is 9.87. The number of amides is 1. The van der Waals surface area contributed by atoms with E-state index >= 15 is 0 Å². The van der Waals surface area contributed by atoms with Crippen molar-refractivity contribution in [3.63, 3.8) is 0 Å². The van der Waals surface area contributed by atoms with Crippen LogP contribution >= 0.6 is 11.6 Å². The van der Waals surface area contributed by atoms with Gasteiger partial charge in [-0.25, -0.2) is 4.68 Å². The predicted octanol–water partition coefficient (Wildman–Crippen LogP) is 3.20. The average Bonchev–Trinajstić information content (AvgIpc) is 3.25. The number of nitrogens with zero attached hydrogens (tertiary/aromatic N) is 5. The van der Waals surface area contributed by atoms with Crippen LogP contribution in [0.2, 0.25) is 5.02 Å². The molecule has 30 heavy (non-hydrogen) atoms. The van der Waals surface area contributed by atoms with Crippen molar-refractivity contribution < 1.29 is 9.53 Å². The SMILES string of the molecule is COc1ccc(Cl)cc1CN1CCN(C(=O)c2cn(-c3ccc(C)cc3)nn2)CC1. The number of aryl methyl sites for hydroxylation is 1. The summed E-state index contributed by atoms with van der Waals surface area (Å²) in [5.74, 6) is 0.735. The number of hydrogen-bond acceptors (Lipinski definition) is 5. The van der Waals surface area contributed by atoms with Crippen LogP contribution in [0.25, 0.3) is 5.69 Å². The van der Waals surface area contributed by atoms with Gasteiger partial charge in [0.2, 0.25) is 0 Å². The number of piperazine rings is 1. The maximum Gasteiger partial charge on any atom is 0.276 e. The summed E-state index contributed by atoms with van der Waals surface area (Å²) in [7, 11) is 1.66. The first-order valence-corrected chi connectivity index (χ1v) is 10.2. The predicted molar refractivity (Wildman–Crippen MR) is 115 cm³/mol. The van der Waals surface area contributed by atoms with Gasteiger partial charge in [-0.2, -0.15) is 0 Å². The van der Waals surface area contributed by atoms with Gasteiger partial charge in [0.1, 0.15) is 5.75 Å². The van der Waals surface area contributed by atoms with Gasteiger partial charge in [-0.1, -0.05) is 34.5 Å². The molecule has 7 nitrogen and oxygen atoms in total. The summed E-state index contributed by atoms with van der Waals surface area (Å²) in [5.41, 5.74) is 3.46. The van der Waals surface area contributed by atoms with Gasteiger partial charge in [0, 0.05) is 43.3 Å². The van der Waals surface area contributed by atoms with Crippen molar-refractivity contribution in [2.45, 2.75) is 13.5 Å². The molecule has 4 rings (SSSR count). The van der Waals surface area contributed by atoms with Crippen LogP contribution in [-0.4, -0.2) is 64.0 Å². The van der Waals surface area contributed by atoms with Crippen molar-refractivity contribution >= 4 is 17.5 Å². The molecule has 0 unspecified atom stereocenters. The van der Waals surface area contributed by atoms with E-state index in [9.17, 15) is 4.79 Å². The Balaban J connectivity index is 1.37. The highest BCUT2D eigenvalue weighted by molar-refractivity contribution is 6.30. The lowest BCUT2D eigenvalue weighted by atomic mass is 10.1. The van der Waals surface area contributed by atoms with Crippen LogP contribution in [0, 0.1) is 6.92 Å². The van der Waals surface area contributed by atoms with E-state index in [1.54, 1.807) is 18.0 Å². The van der Waals surface area contributed by atoms with Gasteiger partial charge in [-0.05, 0) is 37.3 Å². The van der Waals surface area contributed by atoms with Crippen molar-refractivity contribution in [1.82, 2.24) is 24.8 Å². The molecule has 1 fully saturated rings. The average molecular weight is 426 g/mol. The van der Waals surface area contributed by atoms with E-state index < -0.39 is 0 Å². The van der Waals surface area contributed by atoms with E-state index in [0.717, 1.165) is 36.6 Å². The fraction of sp³-hybridized carbons (Fsp3) is 0.318. The van der Waals surface area contributed by atoms with E-state index in [0.29, 0.717) is 23.8 Å². The van der Waals surface area contributed by atoms with Crippen molar-refractivity contribution in [2.75, 3.05) is 33.3 Å². The van der Waals surface area contributed by atoms with Crippen LogP contribution in [0.5, 0.6) is 5.75 Å². The molecule has 3 aromatic rings. The van der Waals surface area contributed by atoms with Gasteiger partial charge in [0.05, 0.1) is 19.0 Å². The smallest absolute Gasteiger partial charge is 0.276 e. The Bertz CT molecular complexity index is 1030. The molecule has 156 valence electrons. The van der Waals surface area contributed by atoms with Gasteiger partial charge in [0.25, 0.3) is 5.91 Å². The number of rotatable bonds is 5. The summed E-state index contributed by atoms with van der Waals surface area (Å²) in [4.78, 5) is 17.0. The zero-order chi connectivity index (χ0) is 21.1. The molecule has 1 saturated heterocycles. The van der Waals surface area contributed by atoms with E-state index in [1.165, 1.54) is 5.56 Å². The molecule has 0 N–H and O–H groups in total. The molecule has 0 saturated carbocycles. The fourth-order valence-electron chi connectivity index (χ4n) is 3.57. The minimum absolute atomic E-state index is 0.0895. The second kappa shape index (κ2) is 8.85. The minimum Gasteiger partial charge on any atom is -0.496 e. The number of hydrogen-bond donors (Lipinski definition) is 0. The molecular weight excluding hydrogens is 402 g/mol. The summed E-state index contributed by atoms with van der Waals surface area (Å²) in [5, 5.41) is 8.89. The number of ether oxygens (including phenoxy) is 1. The Labute approximate surface area is 180 Å². The molecule has 1 aliphatic heterocycles. The standard InChI is InChI=1S/C22H24ClN5O2/c1-16-3-6-19(7-4-16)28-15-20(24-25-28)22(29)27-11-9-26(10-12-27)14-17-13-18(23)5-8-21(17)30-2/h3-8,13,15H,9-12,14H2,1-2H3. The van der Waals surface area contributed by atoms with Gasteiger partial charge < -0.3 is 9.64 Å². The van der Waals surface area contributed by atoms with Crippen LogP contribution in [0.3, 0.4) is 0 Å². The van der Waals surface area contributed by atoms with Gasteiger partial charge >= 0.3 is 0 Å². The van der Waals surface area contributed by atoms with Crippen LogP contribution in [0.1, 0.15) is 21.6 Å². The summed E-state index contributed by atoms with van der Waals surface area (Å²) in [6.07, 6.45) is 1.69. The number of carbonyl (C=O) groups excluding carboxylic acids is 1. The summed E-state index contributed by atoms with van der Waals surface area (Å²) >= 11 is 6.14. The second-order valence-corrected chi connectivity index (χ2v) is 7.84. The molecule has 0 radical (unpaired) electrons. The molecule has 8 heteroatoms. The third kappa shape index (κ3) is 4.47. The summed E-state index contributed by atoms with van der Waals surface area (Å²) in [6.45, 7) is 5.58. The molecule has 1 aromatic heterocycles. The lowest BCUT2D eigenvalue weighted by Crippen LogP contribution is -2.48. The molecule has 0 bridgehead atoms. The lowest BCUT2D eigenvalue weighted by molar-refractivity contribution is 0.0621. The van der Waals surface area contributed by atoms with E-state index in [1.807, 2.05) is 54.3 Å². The third-order valence-corrected chi connectivity index (χ3v) is 5.54. The molecule has 2 aromatic carbocycles. The normalized spacial score (nSPS) is 14.7. The maximum atomic E-state index is 12.9. The van der Waals surface area contributed by atoms with Crippen molar-refractivity contribution in [3.8, 4) is 11.4 Å². The highest BCUT2D eigenvalue weighted by Crippen LogP contribution is 2.24. The Hall–Kier alpha value is -2.90. The molecular formula is C22H24ClN5O2. The van der Waals surface area contributed by atoms with E-state index in [4.69, 9.17) is 16.3 Å². The first-order chi connectivity index (χ1) is 14.5. The van der Waals surface area contributed by atoms with E-state index in [2.05, 4.69) is 15.2 Å². The fourth-order valence-corrected chi connectivity index (χ4v) is 3.76. The lowest BCUT2D eigenvalue weighted by Gasteiger charge is -2.34. The minimum atomic E-state index is -0.0895. The Morgan fingerprint density at radius 3 is 2.53 bits per heavy atom. The van der Waals surface area contributed by atoms with E-state index in [-0.39, 0.29) is 5.91 Å². The third-order valence-electron chi connectivity index (χ3n) is 5.31. The van der Waals surface area contributed by atoms with Crippen molar-refractivity contribution in [1.29, 1.82) is 0 Å². The Kier molecular flexibility index (Phi) is 6.01. The van der Waals surface area contributed by atoms with Crippen LogP contribution in [-0.2, 0) is 6.54 Å². The maximum absolute atomic E-state index is 12.9. The number of benzene rings is 2. The van der Waals surface area contributed by atoms with Crippen LogP contribution in [0.15, 0.2) is 48.7 Å². The topological polar surface area (TPSA) is 63.5 Å². The molecule has 0 atom stereocenters. The zero-order valence-corrected chi connectivity index (χ0v) is 17.8. The highest BCUT2D eigenvalue weighted by Gasteiger charge is 2.25. The largest absolute Gasteiger partial charge is 0.496 e. The Morgan fingerprint density at radius 1 is 1.10 bits per heavy atom. The summed E-state index contributed by atoms with van der Waals surface area (Å²) in [6, 6.07) is 13.6. The number of carbonyl (C=O) groups is 1. The Morgan fingerprint density at radius 2 is 1.83 bits per heavy atom. The molecule has 2 heterocycles. The van der Waals surface area contributed by atoms with Crippen LogP contribution in [0.4, 0.5) is 0 Å². The summed E-state index contributed by atoms with van der Waals surface area (Å²) < 4.78 is 7.07. The monoisotopic (exact) mass is 425 g/mol. The van der Waals surface area contributed by atoms with Gasteiger partial charge in [0.15, 0.2) is 5.69 Å². The van der Waals surface area contributed by atoms with Crippen LogP contribution < -0.4 is 4.74 Å². The first kappa shape index (κ1) is 20.4. The molecule has 1 aliphatic rings. The molecule has 1 amide bonds. The molecule has 0 spiro atoms. The number of methoxy groups -OCH3 is 1. The molecule has 0 aliphatic carbocycles. The van der Waals surface area contributed by atoms with Gasteiger partial charge in [-0.15, -0.1) is 5.10 Å². The quantitative estimate of drug-likeness (QED) is 0.628. The highest BCUT2D eigenvalue weighted by atomic mass is 35.5. The van der Waals surface area contributed by atoms with Crippen molar-refractivity contribution in [2.24, 2.45) is 0 Å². The number of aromatic nitrogens is 3. The zero-order valence-electron chi connectivity index (χ0n) is 17.1.